The Labute approximate surface area is 158 Å². The maximum absolute atomic E-state index is 12.7. The van der Waals surface area contributed by atoms with E-state index in [1.165, 1.54) is 0 Å². The Hall–Kier alpha value is -3.02. The molecule has 1 saturated heterocycles. The number of amides is 2. The topological polar surface area (TPSA) is 67.9 Å². The van der Waals surface area contributed by atoms with Crippen molar-refractivity contribution in [2.45, 2.75) is 20.3 Å². The molecular weight excluding hydrogens is 344 g/mol. The molecule has 0 bridgehead atoms. The Bertz CT molecular complexity index is 889. The zero-order chi connectivity index (χ0) is 19.0. The van der Waals surface area contributed by atoms with Crippen LogP contribution < -0.4 is 19.7 Å². The first kappa shape index (κ1) is 17.4. The van der Waals surface area contributed by atoms with Crippen molar-refractivity contribution in [1.82, 2.24) is 0 Å². The number of hydrogen-bond donors (Lipinski definition) is 1. The predicted octanol–water partition coefficient (Wildman–Crippen LogP) is 3.07. The van der Waals surface area contributed by atoms with Crippen molar-refractivity contribution in [2.75, 3.05) is 30.0 Å². The molecule has 0 spiro atoms. The Balaban J connectivity index is 1.50. The van der Waals surface area contributed by atoms with Gasteiger partial charge < -0.3 is 19.7 Å². The number of para-hydroxylation sites is 1. The van der Waals surface area contributed by atoms with E-state index in [1.54, 1.807) is 17.0 Å². The van der Waals surface area contributed by atoms with E-state index in [0.717, 1.165) is 22.5 Å². The number of anilines is 2. The van der Waals surface area contributed by atoms with Gasteiger partial charge in [0.1, 0.15) is 13.2 Å². The highest BCUT2D eigenvalue weighted by atomic mass is 16.6. The van der Waals surface area contributed by atoms with Crippen molar-refractivity contribution in [2.24, 2.45) is 5.92 Å². The molecule has 1 unspecified atom stereocenters. The SMILES string of the molecule is Cc1cccc(C)c1NC(=O)C1CC(=O)N(c2ccc3c(c2)OCCO3)C1. The van der Waals surface area contributed by atoms with Crippen LogP contribution in [0.5, 0.6) is 11.5 Å². The molecule has 27 heavy (non-hydrogen) atoms. The summed E-state index contributed by atoms with van der Waals surface area (Å²) >= 11 is 0. The van der Waals surface area contributed by atoms with Crippen LogP contribution in [0.2, 0.25) is 0 Å². The van der Waals surface area contributed by atoms with Gasteiger partial charge in [-0.2, -0.15) is 0 Å². The summed E-state index contributed by atoms with van der Waals surface area (Å²) in [6.45, 7) is 5.30. The third-order valence-electron chi connectivity index (χ3n) is 5.06. The molecule has 0 aromatic heterocycles. The normalized spacial score (nSPS) is 18.5. The zero-order valence-electron chi connectivity index (χ0n) is 15.5. The van der Waals surface area contributed by atoms with Crippen LogP contribution in [0.25, 0.3) is 0 Å². The highest BCUT2D eigenvalue weighted by molar-refractivity contribution is 6.04. The maximum atomic E-state index is 12.7. The lowest BCUT2D eigenvalue weighted by Gasteiger charge is -2.22. The molecule has 6 nitrogen and oxygen atoms in total. The molecule has 1 fully saturated rings. The van der Waals surface area contributed by atoms with Gasteiger partial charge in [-0.05, 0) is 37.1 Å². The smallest absolute Gasteiger partial charge is 0.229 e. The van der Waals surface area contributed by atoms with E-state index in [-0.39, 0.29) is 24.2 Å². The van der Waals surface area contributed by atoms with Crippen molar-refractivity contribution in [1.29, 1.82) is 0 Å². The van der Waals surface area contributed by atoms with Crippen LogP contribution in [0.4, 0.5) is 11.4 Å². The Morgan fingerprint density at radius 3 is 2.52 bits per heavy atom. The lowest BCUT2D eigenvalue weighted by molar-refractivity contribution is -0.122. The summed E-state index contributed by atoms with van der Waals surface area (Å²) in [6, 6.07) is 11.3. The lowest BCUT2D eigenvalue weighted by Crippen LogP contribution is -2.28. The van der Waals surface area contributed by atoms with Crippen LogP contribution in [0.15, 0.2) is 36.4 Å². The quantitative estimate of drug-likeness (QED) is 0.907. The van der Waals surface area contributed by atoms with E-state index in [2.05, 4.69) is 5.32 Å². The number of carbonyl (C=O) groups excluding carboxylic acids is 2. The highest BCUT2D eigenvalue weighted by Gasteiger charge is 2.35. The van der Waals surface area contributed by atoms with Crippen LogP contribution in [0.3, 0.4) is 0 Å². The predicted molar refractivity (Wildman–Crippen MR) is 102 cm³/mol. The maximum Gasteiger partial charge on any atom is 0.229 e. The Morgan fingerprint density at radius 2 is 1.78 bits per heavy atom. The second-order valence-electron chi connectivity index (χ2n) is 6.99. The average molecular weight is 366 g/mol. The van der Waals surface area contributed by atoms with Crippen molar-refractivity contribution in [3.63, 3.8) is 0 Å². The first-order valence-corrected chi connectivity index (χ1v) is 9.10. The molecule has 0 radical (unpaired) electrons. The number of nitrogens with zero attached hydrogens (tertiary/aromatic N) is 1. The number of carbonyl (C=O) groups is 2. The van der Waals surface area contributed by atoms with Crippen LogP contribution in [-0.4, -0.2) is 31.6 Å². The summed E-state index contributed by atoms with van der Waals surface area (Å²) in [7, 11) is 0. The minimum absolute atomic E-state index is 0.0617. The van der Waals surface area contributed by atoms with Gasteiger partial charge in [-0.1, -0.05) is 18.2 Å². The van der Waals surface area contributed by atoms with Crippen molar-refractivity contribution in [3.05, 3.63) is 47.5 Å². The van der Waals surface area contributed by atoms with Gasteiger partial charge >= 0.3 is 0 Å². The highest BCUT2D eigenvalue weighted by Crippen LogP contribution is 2.36. The van der Waals surface area contributed by atoms with Crippen molar-refractivity contribution in [3.8, 4) is 11.5 Å². The molecule has 2 aliphatic rings. The molecule has 2 aromatic rings. The van der Waals surface area contributed by atoms with E-state index in [0.29, 0.717) is 31.3 Å². The first-order chi connectivity index (χ1) is 13.0. The van der Waals surface area contributed by atoms with Crippen LogP contribution in [0, 0.1) is 19.8 Å². The molecule has 6 heteroatoms. The van der Waals surface area contributed by atoms with Crippen LogP contribution in [-0.2, 0) is 9.59 Å². The summed E-state index contributed by atoms with van der Waals surface area (Å²) in [6.07, 6.45) is 0.200. The van der Waals surface area contributed by atoms with Gasteiger partial charge in [0, 0.05) is 30.4 Å². The van der Waals surface area contributed by atoms with E-state index in [9.17, 15) is 9.59 Å². The fourth-order valence-electron chi connectivity index (χ4n) is 3.57. The molecule has 0 saturated carbocycles. The third kappa shape index (κ3) is 3.35. The molecular formula is C21H22N2O4. The van der Waals surface area contributed by atoms with Crippen molar-refractivity contribution >= 4 is 23.2 Å². The lowest BCUT2D eigenvalue weighted by atomic mass is 10.1. The van der Waals surface area contributed by atoms with Gasteiger partial charge in [0.15, 0.2) is 11.5 Å². The van der Waals surface area contributed by atoms with Gasteiger partial charge in [0.2, 0.25) is 11.8 Å². The largest absolute Gasteiger partial charge is 0.486 e. The monoisotopic (exact) mass is 366 g/mol. The number of fused-ring (bicyclic) bond motifs is 1. The molecule has 0 aliphatic carbocycles. The average Bonchev–Trinajstić information content (AvgIpc) is 3.06. The first-order valence-electron chi connectivity index (χ1n) is 9.10. The molecule has 140 valence electrons. The number of rotatable bonds is 3. The number of nitrogens with one attached hydrogen (secondary N) is 1. The molecule has 4 rings (SSSR count). The van der Waals surface area contributed by atoms with Gasteiger partial charge in [0.25, 0.3) is 0 Å². The van der Waals surface area contributed by atoms with E-state index in [1.807, 2.05) is 38.1 Å². The fourth-order valence-corrected chi connectivity index (χ4v) is 3.57. The second kappa shape index (κ2) is 6.95. The summed E-state index contributed by atoms with van der Waals surface area (Å²) in [4.78, 5) is 26.9. The van der Waals surface area contributed by atoms with Crippen LogP contribution >= 0.6 is 0 Å². The van der Waals surface area contributed by atoms with Gasteiger partial charge in [-0.3, -0.25) is 9.59 Å². The van der Waals surface area contributed by atoms with E-state index < -0.39 is 0 Å². The minimum atomic E-state index is -0.385. The number of aryl methyl sites for hydroxylation is 2. The molecule has 2 aliphatic heterocycles. The summed E-state index contributed by atoms with van der Waals surface area (Å²) in [5.41, 5.74) is 3.58. The van der Waals surface area contributed by atoms with Gasteiger partial charge in [0.05, 0.1) is 5.92 Å². The summed E-state index contributed by atoms with van der Waals surface area (Å²) < 4.78 is 11.1. The Kier molecular flexibility index (Phi) is 4.48. The number of benzene rings is 2. The summed E-state index contributed by atoms with van der Waals surface area (Å²) in [5, 5.41) is 3.00. The molecule has 1 atom stereocenters. The molecule has 2 heterocycles. The van der Waals surface area contributed by atoms with Gasteiger partial charge in [-0.15, -0.1) is 0 Å². The fraction of sp³-hybridized carbons (Fsp3) is 0.333. The number of hydrogen-bond acceptors (Lipinski definition) is 4. The van der Waals surface area contributed by atoms with Gasteiger partial charge in [-0.25, -0.2) is 0 Å². The zero-order valence-corrected chi connectivity index (χ0v) is 15.5. The minimum Gasteiger partial charge on any atom is -0.486 e. The summed E-state index contributed by atoms with van der Waals surface area (Å²) in [5.74, 6) is 0.745. The molecule has 2 aromatic carbocycles. The Morgan fingerprint density at radius 1 is 1.07 bits per heavy atom. The standard InChI is InChI=1S/C21H22N2O4/c1-13-4-3-5-14(2)20(13)22-21(25)15-10-19(24)23(12-15)16-6-7-17-18(11-16)27-9-8-26-17/h3-7,11,15H,8-10,12H2,1-2H3,(H,22,25). The second-order valence-corrected chi connectivity index (χ2v) is 6.99. The van der Waals surface area contributed by atoms with Crippen LogP contribution in [0.1, 0.15) is 17.5 Å². The van der Waals surface area contributed by atoms with Crippen molar-refractivity contribution < 1.29 is 19.1 Å². The number of ether oxygens (including phenoxy) is 2. The molecule has 1 N–H and O–H groups in total. The third-order valence-corrected chi connectivity index (χ3v) is 5.06. The van der Waals surface area contributed by atoms with E-state index >= 15 is 0 Å². The van der Waals surface area contributed by atoms with E-state index in [4.69, 9.17) is 9.47 Å². The molecule has 2 amide bonds.